The largest absolute Gasteiger partial charge is 0.350 e. The number of aryl methyl sites for hydroxylation is 1. The van der Waals surface area contributed by atoms with E-state index in [2.05, 4.69) is 34.9 Å². The Morgan fingerprint density at radius 2 is 1.67 bits per heavy atom. The van der Waals surface area contributed by atoms with E-state index in [1.54, 1.807) is 0 Å². The molecule has 0 saturated carbocycles. The molecule has 0 saturated heterocycles. The molecule has 0 bridgehead atoms. The Hall–Kier alpha value is -3.13. The van der Waals surface area contributed by atoms with Gasteiger partial charge in [-0.1, -0.05) is 78.9 Å². The van der Waals surface area contributed by atoms with Crippen LogP contribution in [0.3, 0.4) is 0 Å². The number of aromatic nitrogens is 1. The van der Waals surface area contributed by atoms with Gasteiger partial charge in [0, 0.05) is 29.9 Å². The van der Waals surface area contributed by atoms with Gasteiger partial charge in [-0.05, 0) is 30.4 Å². The molecule has 0 atom stereocenters. The van der Waals surface area contributed by atoms with E-state index >= 15 is 0 Å². The number of allylic oxidation sites excluding steroid dienone is 2. The summed E-state index contributed by atoms with van der Waals surface area (Å²) in [6, 6.07) is 19.8. The predicted octanol–water partition coefficient (Wildman–Crippen LogP) is 5.99. The second kappa shape index (κ2) is 7.63. The molecule has 0 N–H and O–H groups in total. The lowest BCUT2D eigenvalue weighted by atomic mass is 9.97. The van der Waals surface area contributed by atoms with Gasteiger partial charge >= 0.3 is 0 Å². The van der Waals surface area contributed by atoms with Crippen molar-refractivity contribution in [2.45, 2.75) is 19.3 Å². The minimum absolute atomic E-state index is 0.0729. The Balaban J connectivity index is 1.82. The quantitative estimate of drug-likeness (QED) is 0.516. The molecule has 0 spiro atoms. The number of hydrogen-bond acceptors (Lipinski definition) is 1. The summed E-state index contributed by atoms with van der Waals surface area (Å²) in [6.45, 7) is 0. The standard InChI is InChI=1S/C25H23NO/c1-26-18-23(25(27)21-14-6-3-7-15-21)22(24(26)20-12-8-9-13-20)17-16-19-10-4-2-5-11-19/h2-7,10-12,14-18H,8-9,13H2,1H3/b17-16+. The average Bonchev–Trinajstić information content (AvgIpc) is 3.34. The Kier molecular flexibility index (Phi) is 4.88. The van der Waals surface area contributed by atoms with E-state index < -0.39 is 0 Å². The molecule has 0 aliphatic heterocycles. The highest BCUT2D eigenvalue weighted by Crippen LogP contribution is 2.34. The van der Waals surface area contributed by atoms with Gasteiger partial charge in [0.05, 0.1) is 5.69 Å². The Morgan fingerprint density at radius 3 is 2.33 bits per heavy atom. The lowest BCUT2D eigenvalue weighted by Gasteiger charge is -2.07. The van der Waals surface area contributed by atoms with Crippen LogP contribution in [0.15, 0.2) is 72.9 Å². The van der Waals surface area contributed by atoms with Crippen LogP contribution >= 0.6 is 0 Å². The SMILES string of the molecule is Cn1cc(C(=O)c2ccccc2)c(/C=C/c2ccccc2)c1C1=CCCC1. The van der Waals surface area contributed by atoms with E-state index in [1.807, 2.05) is 61.8 Å². The second-order valence-electron chi connectivity index (χ2n) is 6.98. The van der Waals surface area contributed by atoms with Gasteiger partial charge in [-0.15, -0.1) is 0 Å². The van der Waals surface area contributed by atoms with E-state index in [1.165, 1.54) is 17.7 Å². The summed E-state index contributed by atoms with van der Waals surface area (Å²) in [5.41, 5.74) is 6.15. The fraction of sp³-hybridized carbons (Fsp3) is 0.160. The molecule has 3 aromatic rings. The summed E-state index contributed by atoms with van der Waals surface area (Å²) < 4.78 is 2.11. The maximum Gasteiger partial charge on any atom is 0.195 e. The van der Waals surface area contributed by atoms with Crippen molar-refractivity contribution in [3.63, 3.8) is 0 Å². The van der Waals surface area contributed by atoms with Crippen molar-refractivity contribution in [3.05, 3.63) is 101 Å². The first-order valence-corrected chi connectivity index (χ1v) is 9.45. The van der Waals surface area contributed by atoms with Crippen molar-refractivity contribution in [3.8, 4) is 0 Å². The maximum atomic E-state index is 13.2. The molecule has 1 aliphatic rings. The van der Waals surface area contributed by atoms with Crippen molar-refractivity contribution in [1.29, 1.82) is 0 Å². The normalized spacial score (nSPS) is 13.9. The molecule has 0 fully saturated rings. The molecule has 1 aromatic heterocycles. The van der Waals surface area contributed by atoms with Gasteiger partial charge in [0.25, 0.3) is 0 Å². The summed E-state index contributed by atoms with van der Waals surface area (Å²) in [5, 5.41) is 0. The smallest absolute Gasteiger partial charge is 0.195 e. The zero-order valence-corrected chi connectivity index (χ0v) is 15.6. The minimum Gasteiger partial charge on any atom is -0.350 e. The fourth-order valence-corrected chi connectivity index (χ4v) is 3.77. The molecule has 2 heteroatoms. The van der Waals surface area contributed by atoms with Crippen LogP contribution in [0.4, 0.5) is 0 Å². The fourth-order valence-electron chi connectivity index (χ4n) is 3.77. The third kappa shape index (κ3) is 3.56. The van der Waals surface area contributed by atoms with Gasteiger partial charge in [0.1, 0.15) is 0 Å². The molecular weight excluding hydrogens is 330 g/mol. The molecule has 0 amide bonds. The molecule has 1 heterocycles. The monoisotopic (exact) mass is 353 g/mol. The van der Waals surface area contributed by atoms with E-state index in [4.69, 9.17) is 0 Å². The van der Waals surface area contributed by atoms with Crippen molar-refractivity contribution in [2.75, 3.05) is 0 Å². The molecular formula is C25H23NO. The third-order valence-electron chi connectivity index (χ3n) is 5.09. The average molecular weight is 353 g/mol. The van der Waals surface area contributed by atoms with E-state index in [-0.39, 0.29) is 5.78 Å². The molecule has 0 radical (unpaired) electrons. The van der Waals surface area contributed by atoms with Gasteiger partial charge in [0.15, 0.2) is 5.78 Å². The topological polar surface area (TPSA) is 22.0 Å². The van der Waals surface area contributed by atoms with Gasteiger partial charge in [-0.25, -0.2) is 0 Å². The Labute approximate surface area is 160 Å². The highest BCUT2D eigenvalue weighted by atomic mass is 16.1. The maximum absolute atomic E-state index is 13.2. The van der Waals surface area contributed by atoms with E-state index in [9.17, 15) is 4.79 Å². The highest BCUT2D eigenvalue weighted by molar-refractivity contribution is 6.12. The Bertz CT molecular complexity index is 1010. The molecule has 2 nitrogen and oxygen atoms in total. The highest BCUT2D eigenvalue weighted by Gasteiger charge is 2.22. The van der Waals surface area contributed by atoms with Gasteiger partial charge in [-0.3, -0.25) is 4.79 Å². The molecule has 2 aromatic carbocycles. The number of carbonyl (C=O) groups is 1. The number of benzene rings is 2. The predicted molar refractivity (Wildman–Crippen MR) is 112 cm³/mol. The summed E-state index contributed by atoms with van der Waals surface area (Å²) in [6.07, 6.45) is 11.9. The van der Waals surface area contributed by atoms with E-state index in [0.29, 0.717) is 0 Å². The number of carbonyl (C=O) groups excluding carboxylic acids is 1. The van der Waals surface area contributed by atoms with Crippen LogP contribution in [-0.2, 0) is 7.05 Å². The van der Waals surface area contributed by atoms with Gasteiger partial charge in [-0.2, -0.15) is 0 Å². The first-order valence-electron chi connectivity index (χ1n) is 9.45. The zero-order valence-electron chi connectivity index (χ0n) is 15.6. The van der Waals surface area contributed by atoms with Crippen LogP contribution in [0.2, 0.25) is 0 Å². The van der Waals surface area contributed by atoms with Crippen molar-refractivity contribution >= 4 is 23.5 Å². The van der Waals surface area contributed by atoms with Gasteiger partial charge in [0.2, 0.25) is 0 Å². The number of rotatable bonds is 5. The first kappa shape index (κ1) is 17.3. The summed E-state index contributed by atoms with van der Waals surface area (Å²) >= 11 is 0. The molecule has 0 unspecified atom stereocenters. The molecule has 134 valence electrons. The van der Waals surface area contributed by atoms with Crippen LogP contribution in [0.25, 0.3) is 17.7 Å². The van der Waals surface area contributed by atoms with Crippen LogP contribution in [0.5, 0.6) is 0 Å². The lowest BCUT2D eigenvalue weighted by molar-refractivity contribution is 0.103. The number of nitrogens with zero attached hydrogens (tertiary/aromatic N) is 1. The second-order valence-corrected chi connectivity index (χ2v) is 6.98. The van der Waals surface area contributed by atoms with Crippen LogP contribution in [0, 0.1) is 0 Å². The molecule has 4 rings (SSSR count). The van der Waals surface area contributed by atoms with Crippen LogP contribution in [0.1, 0.15) is 52.0 Å². The number of hydrogen-bond donors (Lipinski definition) is 0. The minimum atomic E-state index is 0.0729. The van der Waals surface area contributed by atoms with Crippen molar-refractivity contribution < 1.29 is 4.79 Å². The van der Waals surface area contributed by atoms with E-state index in [0.717, 1.165) is 35.1 Å². The van der Waals surface area contributed by atoms with Gasteiger partial charge < -0.3 is 4.57 Å². The Morgan fingerprint density at radius 1 is 0.963 bits per heavy atom. The molecule has 1 aliphatic carbocycles. The number of ketones is 1. The third-order valence-corrected chi connectivity index (χ3v) is 5.09. The zero-order chi connectivity index (χ0) is 18.6. The lowest BCUT2D eigenvalue weighted by Crippen LogP contribution is -2.01. The summed E-state index contributed by atoms with van der Waals surface area (Å²) in [5.74, 6) is 0.0729. The molecule has 27 heavy (non-hydrogen) atoms. The van der Waals surface area contributed by atoms with Crippen LogP contribution < -0.4 is 0 Å². The summed E-state index contributed by atoms with van der Waals surface area (Å²) in [7, 11) is 2.04. The van der Waals surface area contributed by atoms with Crippen molar-refractivity contribution in [2.24, 2.45) is 7.05 Å². The van der Waals surface area contributed by atoms with Crippen molar-refractivity contribution in [1.82, 2.24) is 4.57 Å². The summed E-state index contributed by atoms with van der Waals surface area (Å²) in [4.78, 5) is 13.2. The first-order chi connectivity index (χ1) is 13.2. The van der Waals surface area contributed by atoms with Crippen LogP contribution in [-0.4, -0.2) is 10.4 Å².